The van der Waals surface area contributed by atoms with Crippen molar-refractivity contribution in [2.45, 2.75) is 65.0 Å². The zero-order valence-corrected chi connectivity index (χ0v) is 27.9. The fourth-order valence-corrected chi connectivity index (χ4v) is 7.31. The van der Waals surface area contributed by atoms with Gasteiger partial charge in [0.2, 0.25) is 0 Å². The second-order valence-corrected chi connectivity index (χ2v) is 13.2. The summed E-state index contributed by atoms with van der Waals surface area (Å²) < 4.78 is 14.2. The Bertz CT molecular complexity index is 1450. The van der Waals surface area contributed by atoms with Crippen molar-refractivity contribution < 1.29 is 14.3 Å². The normalized spacial score (nSPS) is 18.0. The molecule has 0 bridgehead atoms. The predicted molar refractivity (Wildman–Crippen MR) is 181 cm³/mol. The number of rotatable bonds is 9. The maximum Gasteiger partial charge on any atom is 0.267 e. The van der Waals surface area contributed by atoms with Crippen molar-refractivity contribution in [1.29, 1.82) is 0 Å². The largest absolute Gasteiger partial charge is 0.490 e. The van der Waals surface area contributed by atoms with Crippen LogP contribution in [0, 0.1) is 3.57 Å². The minimum Gasteiger partial charge on any atom is -0.490 e. The van der Waals surface area contributed by atoms with Crippen LogP contribution in [0.25, 0.3) is 6.08 Å². The second-order valence-electron chi connectivity index (χ2n) is 10.1. The van der Waals surface area contributed by atoms with Gasteiger partial charge in [-0.25, -0.2) is 4.99 Å². The number of nitrogens with zero attached hydrogens (tertiary/aromatic N) is 2. The van der Waals surface area contributed by atoms with E-state index in [1.807, 2.05) is 72.5 Å². The minimum absolute atomic E-state index is 0.0400. The van der Waals surface area contributed by atoms with E-state index in [2.05, 4.69) is 51.5 Å². The van der Waals surface area contributed by atoms with E-state index in [-0.39, 0.29) is 11.9 Å². The molecule has 3 aromatic carbocycles. The van der Waals surface area contributed by atoms with Gasteiger partial charge in [-0.1, -0.05) is 72.4 Å². The van der Waals surface area contributed by atoms with Crippen LogP contribution < -0.4 is 9.47 Å². The third-order valence-electron chi connectivity index (χ3n) is 7.29. The van der Waals surface area contributed by atoms with Crippen molar-refractivity contribution in [2.75, 3.05) is 6.61 Å². The number of benzene rings is 3. The quantitative estimate of drug-likeness (QED) is 0.162. The van der Waals surface area contributed by atoms with Gasteiger partial charge in [0.1, 0.15) is 6.61 Å². The first-order valence-electron chi connectivity index (χ1n) is 14.2. The van der Waals surface area contributed by atoms with Crippen LogP contribution in [0.1, 0.15) is 62.6 Å². The summed E-state index contributed by atoms with van der Waals surface area (Å²) >= 11 is 7.25. The highest BCUT2D eigenvalue weighted by atomic mass is 127. The van der Waals surface area contributed by atoms with Gasteiger partial charge in [0, 0.05) is 10.5 Å². The molecule has 0 aromatic heterocycles. The molecule has 1 aliphatic heterocycles. The van der Waals surface area contributed by atoms with Crippen molar-refractivity contribution >= 4 is 73.1 Å². The number of thioether (sulfide) groups is 1. The van der Waals surface area contributed by atoms with E-state index in [9.17, 15) is 4.79 Å². The predicted octanol–water partition coefficient (Wildman–Crippen LogP) is 9.53. The molecule has 1 aliphatic carbocycles. The van der Waals surface area contributed by atoms with Gasteiger partial charge in [-0.15, -0.1) is 0 Å². The number of halogens is 2. The molecule has 5 rings (SSSR count). The summed E-state index contributed by atoms with van der Waals surface area (Å²) in [4.78, 5) is 21.6. The summed E-state index contributed by atoms with van der Waals surface area (Å²) in [5, 5.41) is 0.781. The summed E-state index contributed by atoms with van der Waals surface area (Å²) in [6, 6.07) is 20.5. The number of carbonyl (C=O) groups is 1. The molecule has 0 unspecified atom stereocenters. The Labute approximate surface area is 269 Å². The first-order chi connectivity index (χ1) is 20.0. The second kappa shape index (κ2) is 14.2. The number of ether oxygens (including phenoxy) is 2. The van der Waals surface area contributed by atoms with Gasteiger partial charge in [-0.05, 0) is 114 Å². The molecule has 1 saturated carbocycles. The van der Waals surface area contributed by atoms with Crippen molar-refractivity contribution in [1.82, 2.24) is 4.90 Å². The highest BCUT2D eigenvalue weighted by Gasteiger charge is 2.38. The molecule has 41 heavy (non-hydrogen) atoms. The highest BCUT2D eigenvalue weighted by molar-refractivity contribution is 14.1. The summed E-state index contributed by atoms with van der Waals surface area (Å²) in [5.74, 6) is 1.43. The van der Waals surface area contributed by atoms with E-state index in [1.54, 1.807) is 0 Å². The van der Waals surface area contributed by atoms with Gasteiger partial charge in [0.25, 0.3) is 5.91 Å². The Hall–Kier alpha value is -2.30. The molecular weight excluding hydrogens is 711 g/mol. The zero-order chi connectivity index (χ0) is 28.8. The standard InChI is InChI=1S/C33H34BrIN2O3S/c1-3-24-10-8-9-13-28(24)36-33-37(26-11-6-5-7-12-26)32(38)30(41-33)20-23-18-27(35)31(29(19-23)39-4-2)40-21-22-14-16-25(34)17-15-22/h8-10,13-20,26H,3-7,11-12,21H2,1-2H3/b30-20+,36-33?. The number of para-hydroxylation sites is 1. The molecule has 2 fully saturated rings. The van der Waals surface area contributed by atoms with E-state index in [0.29, 0.717) is 29.6 Å². The van der Waals surface area contributed by atoms with Crippen LogP contribution in [0.5, 0.6) is 11.5 Å². The van der Waals surface area contributed by atoms with Gasteiger partial charge < -0.3 is 9.47 Å². The monoisotopic (exact) mass is 744 g/mol. The Morgan fingerprint density at radius 3 is 2.54 bits per heavy atom. The SMILES string of the molecule is CCOc1cc(/C=C2/SC(=Nc3ccccc3CC)N(C3CCCCC3)C2=O)cc(I)c1OCc1ccc(Br)cc1. The van der Waals surface area contributed by atoms with E-state index >= 15 is 0 Å². The molecule has 0 spiro atoms. The zero-order valence-electron chi connectivity index (χ0n) is 23.4. The summed E-state index contributed by atoms with van der Waals surface area (Å²) in [5.41, 5.74) is 4.10. The fourth-order valence-electron chi connectivity index (χ4n) is 5.21. The van der Waals surface area contributed by atoms with Crippen LogP contribution in [0.2, 0.25) is 0 Å². The molecule has 1 saturated heterocycles. The Morgan fingerprint density at radius 1 is 1.05 bits per heavy atom. The molecule has 8 heteroatoms. The number of amides is 1. The van der Waals surface area contributed by atoms with Crippen molar-refractivity contribution in [3.8, 4) is 11.5 Å². The molecule has 0 radical (unpaired) electrons. The number of aryl methyl sites for hydroxylation is 1. The molecule has 0 atom stereocenters. The van der Waals surface area contributed by atoms with Gasteiger partial charge in [-0.3, -0.25) is 9.69 Å². The lowest BCUT2D eigenvalue weighted by atomic mass is 9.94. The lowest BCUT2D eigenvalue weighted by molar-refractivity contribution is -0.124. The van der Waals surface area contributed by atoms with Gasteiger partial charge in [-0.2, -0.15) is 0 Å². The summed E-state index contributed by atoms with van der Waals surface area (Å²) in [7, 11) is 0. The number of amidine groups is 1. The van der Waals surface area contributed by atoms with Crippen molar-refractivity contribution in [3.63, 3.8) is 0 Å². The van der Waals surface area contributed by atoms with Crippen LogP contribution in [0.15, 0.2) is 75.0 Å². The van der Waals surface area contributed by atoms with E-state index in [4.69, 9.17) is 14.5 Å². The number of hydrogen-bond donors (Lipinski definition) is 0. The lowest BCUT2D eigenvalue weighted by Crippen LogP contribution is -2.40. The molecule has 1 heterocycles. The molecular formula is C33H34BrIN2O3S. The Balaban J connectivity index is 1.46. The van der Waals surface area contributed by atoms with Crippen LogP contribution in [-0.4, -0.2) is 28.6 Å². The topological polar surface area (TPSA) is 51.1 Å². The fraction of sp³-hybridized carbons (Fsp3) is 0.333. The smallest absolute Gasteiger partial charge is 0.267 e. The Morgan fingerprint density at radius 2 is 1.80 bits per heavy atom. The molecule has 0 N–H and O–H groups in total. The van der Waals surface area contributed by atoms with Crippen LogP contribution >= 0.6 is 50.3 Å². The van der Waals surface area contributed by atoms with Gasteiger partial charge >= 0.3 is 0 Å². The highest BCUT2D eigenvalue weighted by Crippen LogP contribution is 2.41. The van der Waals surface area contributed by atoms with Gasteiger partial charge in [0.15, 0.2) is 16.7 Å². The van der Waals surface area contributed by atoms with E-state index in [1.165, 1.54) is 23.7 Å². The average Bonchev–Trinajstić information content (AvgIpc) is 3.28. The van der Waals surface area contributed by atoms with Crippen molar-refractivity contribution in [2.24, 2.45) is 4.99 Å². The lowest BCUT2D eigenvalue weighted by Gasteiger charge is -2.30. The maximum atomic E-state index is 13.9. The number of carbonyl (C=O) groups excluding carboxylic acids is 1. The maximum absolute atomic E-state index is 13.9. The summed E-state index contributed by atoms with van der Waals surface area (Å²) in [6.07, 6.45) is 8.43. The van der Waals surface area contributed by atoms with Crippen LogP contribution in [0.4, 0.5) is 5.69 Å². The minimum atomic E-state index is 0.0400. The average molecular weight is 746 g/mol. The molecule has 2 aliphatic rings. The third kappa shape index (κ3) is 7.38. The first-order valence-corrected chi connectivity index (χ1v) is 16.9. The van der Waals surface area contributed by atoms with Crippen molar-refractivity contribution in [3.05, 3.63) is 90.3 Å². The molecule has 5 nitrogen and oxygen atoms in total. The van der Waals surface area contributed by atoms with Crippen LogP contribution in [0.3, 0.4) is 0 Å². The molecule has 3 aromatic rings. The molecule has 214 valence electrons. The van der Waals surface area contributed by atoms with Crippen LogP contribution in [-0.2, 0) is 17.8 Å². The molecule has 1 amide bonds. The number of aliphatic imine (C=N–C) groups is 1. The third-order valence-corrected chi connectivity index (χ3v) is 9.60. The van der Waals surface area contributed by atoms with E-state index in [0.717, 1.165) is 62.1 Å². The Kier molecular flexibility index (Phi) is 10.5. The first kappa shape index (κ1) is 30.2. The number of hydrogen-bond acceptors (Lipinski definition) is 5. The van der Waals surface area contributed by atoms with E-state index < -0.39 is 0 Å². The van der Waals surface area contributed by atoms with Gasteiger partial charge in [0.05, 0.1) is 20.8 Å². The summed E-state index contributed by atoms with van der Waals surface area (Å²) in [6.45, 7) is 5.06.